The molecule has 0 bridgehead atoms. The third-order valence-corrected chi connectivity index (χ3v) is 4.48. The van der Waals surface area contributed by atoms with Crippen LogP contribution in [0.15, 0.2) is 48.5 Å². The average molecular weight is 357 g/mol. The molecule has 1 aliphatic heterocycles. The Morgan fingerprint density at radius 3 is 2.44 bits per heavy atom. The molecule has 5 nitrogen and oxygen atoms in total. The van der Waals surface area contributed by atoms with Crippen LogP contribution in [-0.2, 0) is 9.59 Å². The summed E-state index contributed by atoms with van der Waals surface area (Å²) in [6, 6.07) is 13.5. The van der Waals surface area contributed by atoms with E-state index in [9.17, 15) is 14.4 Å². The summed E-state index contributed by atoms with van der Waals surface area (Å²) in [5, 5.41) is 3.46. The Balaban J connectivity index is 1.79. The number of nitrogens with one attached hydrogen (secondary N) is 1. The fourth-order valence-corrected chi connectivity index (χ4v) is 3.13. The molecule has 25 heavy (non-hydrogen) atoms. The van der Waals surface area contributed by atoms with Gasteiger partial charge < -0.3 is 5.32 Å². The van der Waals surface area contributed by atoms with Crippen molar-refractivity contribution < 1.29 is 14.4 Å². The highest BCUT2D eigenvalue weighted by Gasteiger charge is 2.30. The predicted octanol–water partition coefficient (Wildman–Crippen LogP) is 3.48. The van der Waals surface area contributed by atoms with Crippen molar-refractivity contribution in [1.82, 2.24) is 5.32 Å². The highest BCUT2D eigenvalue weighted by Crippen LogP contribution is 2.25. The summed E-state index contributed by atoms with van der Waals surface area (Å²) in [5.74, 6) is -0.785. The predicted molar refractivity (Wildman–Crippen MR) is 95.5 cm³/mol. The van der Waals surface area contributed by atoms with Gasteiger partial charge in [-0.15, -0.1) is 0 Å². The Morgan fingerprint density at radius 1 is 1.08 bits per heavy atom. The molecule has 1 unspecified atom stereocenters. The Bertz CT molecular complexity index is 834. The molecule has 0 radical (unpaired) electrons. The molecule has 0 aromatic heterocycles. The topological polar surface area (TPSA) is 66.5 Å². The standard InChI is InChI=1S/C19H17ClN2O3/c1-12(15-7-2-3-8-16(15)20)21-19(25)13-5-4-6-14(11-13)22-17(23)9-10-18(22)24/h2-8,11-12H,9-10H2,1H3,(H,21,25). The van der Waals surface area contributed by atoms with Crippen LogP contribution in [0.2, 0.25) is 5.02 Å². The smallest absolute Gasteiger partial charge is 0.251 e. The lowest BCUT2D eigenvalue weighted by Crippen LogP contribution is -2.30. The number of carbonyl (C=O) groups is 3. The van der Waals surface area contributed by atoms with E-state index < -0.39 is 0 Å². The number of hydrogen-bond donors (Lipinski definition) is 1. The van der Waals surface area contributed by atoms with Crippen LogP contribution in [0.4, 0.5) is 5.69 Å². The number of halogens is 1. The number of anilines is 1. The molecule has 3 rings (SSSR count). The molecule has 2 aromatic rings. The zero-order chi connectivity index (χ0) is 18.0. The summed E-state index contributed by atoms with van der Waals surface area (Å²) in [6.07, 6.45) is 0.414. The molecular formula is C19H17ClN2O3. The van der Waals surface area contributed by atoms with Crippen molar-refractivity contribution >= 4 is 35.0 Å². The molecule has 128 valence electrons. The van der Waals surface area contributed by atoms with E-state index >= 15 is 0 Å². The molecule has 0 aliphatic carbocycles. The van der Waals surface area contributed by atoms with E-state index in [4.69, 9.17) is 11.6 Å². The van der Waals surface area contributed by atoms with E-state index in [1.54, 1.807) is 30.3 Å². The van der Waals surface area contributed by atoms with Crippen LogP contribution in [0.1, 0.15) is 41.7 Å². The fraction of sp³-hybridized carbons (Fsp3) is 0.211. The summed E-state index contributed by atoms with van der Waals surface area (Å²) in [7, 11) is 0. The Hall–Kier alpha value is -2.66. The maximum Gasteiger partial charge on any atom is 0.251 e. The molecule has 2 aromatic carbocycles. The number of rotatable bonds is 4. The van der Waals surface area contributed by atoms with Gasteiger partial charge in [-0.1, -0.05) is 35.9 Å². The van der Waals surface area contributed by atoms with Gasteiger partial charge in [0.1, 0.15) is 0 Å². The highest BCUT2D eigenvalue weighted by molar-refractivity contribution is 6.31. The first-order valence-electron chi connectivity index (χ1n) is 7.98. The fourth-order valence-electron chi connectivity index (χ4n) is 2.83. The van der Waals surface area contributed by atoms with Crippen LogP contribution in [0.3, 0.4) is 0 Å². The summed E-state index contributed by atoms with van der Waals surface area (Å²) in [5.41, 5.74) is 1.62. The van der Waals surface area contributed by atoms with E-state index in [-0.39, 0.29) is 36.6 Å². The number of hydrogen-bond acceptors (Lipinski definition) is 3. The van der Waals surface area contributed by atoms with E-state index in [1.807, 2.05) is 25.1 Å². The van der Waals surface area contributed by atoms with E-state index in [2.05, 4.69) is 5.32 Å². The maximum absolute atomic E-state index is 12.5. The van der Waals surface area contributed by atoms with Gasteiger partial charge in [0.15, 0.2) is 0 Å². The molecule has 1 aliphatic rings. The zero-order valence-electron chi connectivity index (χ0n) is 13.7. The highest BCUT2D eigenvalue weighted by atomic mass is 35.5. The van der Waals surface area contributed by atoms with Gasteiger partial charge in [-0.2, -0.15) is 0 Å². The summed E-state index contributed by atoms with van der Waals surface area (Å²) in [6.45, 7) is 1.84. The molecular weight excluding hydrogens is 340 g/mol. The molecule has 1 heterocycles. The minimum absolute atomic E-state index is 0.207. The summed E-state index contributed by atoms with van der Waals surface area (Å²) >= 11 is 6.16. The summed E-state index contributed by atoms with van der Waals surface area (Å²) in [4.78, 5) is 37.4. The van der Waals surface area contributed by atoms with Crippen LogP contribution in [0.25, 0.3) is 0 Å². The quantitative estimate of drug-likeness (QED) is 0.853. The zero-order valence-corrected chi connectivity index (χ0v) is 14.4. The number of benzene rings is 2. The largest absolute Gasteiger partial charge is 0.345 e. The number of amides is 3. The van der Waals surface area contributed by atoms with Crippen LogP contribution >= 0.6 is 11.6 Å². The third-order valence-electron chi connectivity index (χ3n) is 4.14. The minimum atomic E-state index is -0.298. The first-order valence-corrected chi connectivity index (χ1v) is 8.36. The van der Waals surface area contributed by atoms with Crippen LogP contribution in [0.5, 0.6) is 0 Å². The number of imide groups is 1. The summed E-state index contributed by atoms with van der Waals surface area (Å²) < 4.78 is 0. The van der Waals surface area contributed by atoms with Crippen LogP contribution in [0, 0.1) is 0 Å². The van der Waals surface area contributed by atoms with Crippen molar-refractivity contribution in [3.05, 3.63) is 64.7 Å². The number of nitrogens with zero attached hydrogens (tertiary/aromatic N) is 1. The van der Waals surface area contributed by atoms with Gasteiger partial charge in [0.05, 0.1) is 11.7 Å². The molecule has 6 heteroatoms. The normalized spacial score (nSPS) is 15.4. The second kappa shape index (κ2) is 7.07. The first kappa shape index (κ1) is 17.2. The Kier molecular flexibility index (Phi) is 4.86. The lowest BCUT2D eigenvalue weighted by atomic mass is 10.1. The van der Waals surface area contributed by atoms with Gasteiger partial charge in [0.2, 0.25) is 11.8 Å². The Labute approximate surface area is 150 Å². The van der Waals surface area contributed by atoms with Gasteiger partial charge in [0, 0.05) is 23.4 Å². The van der Waals surface area contributed by atoms with E-state index in [0.717, 1.165) is 10.5 Å². The molecule has 1 N–H and O–H groups in total. The third kappa shape index (κ3) is 3.56. The number of carbonyl (C=O) groups excluding carboxylic acids is 3. The molecule has 1 fully saturated rings. The van der Waals surface area contributed by atoms with Crippen LogP contribution in [-0.4, -0.2) is 17.7 Å². The van der Waals surface area contributed by atoms with Crippen molar-refractivity contribution in [2.75, 3.05) is 4.90 Å². The molecule has 1 saturated heterocycles. The van der Waals surface area contributed by atoms with Gasteiger partial charge in [-0.05, 0) is 36.8 Å². The average Bonchev–Trinajstić information content (AvgIpc) is 2.94. The van der Waals surface area contributed by atoms with Gasteiger partial charge in [-0.3, -0.25) is 19.3 Å². The lowest BCUT2D eigenvalue weighted by molar-refractivity contribution is -0.121. The molecule has 3 amide bonds. The van der Waals surface area contributed by atoms with Crippen molar-refractivity contribution in [3.63, 3.8) is 0 Å². The van der Waals surface area contributed by atoms with Gasteiger partial charge in [-0.25, -0.2) is 0 Å². The lowest BCUT2D eigenvalue weighted by Gasteiger charge is -2.17. The van der Waals surface area contributed by atoms with Crippen molar-refractivity contribution in [2.45, 2.75) is 25.8 Å². The van der Waals surface area contributed by atoms with Gasteiger partial charge >= 0.3 is 0 Å². The maximum atomic E-state index is 12.5. The Morgan fingerprint density at radius 2 is 1.76 bits per heavy atom. The molecule has 1 atom stereocenters. The van der Waals surface area contributed by atoms with Gasteiger partial charge in [0.25, 0.3) is 5.91 Å². The monoisotopic (exact) mass is 356 g/mol. The molecule has 0 spiro atoms. The minimum Gasteiger partial charge on any atom is -0.345 e. The SMILES string of the molecule is CC(NC(=O)c1cccc(N2C(=O)CCC2=O)c1)c1ccccc1Cl. The van der Waals surface area contributed by atoms with Crippen molar-refractivity contribution in [1.29, 1.82) is 0 Å². The van der Waals surface area contributed by atoms with E-state index in [0.29, 0.717) is 16.3 Å². The second-order valence-corrected chi connectivity index (χ2v) is 6.30. The van der Waals surface area contributed by atoms with E-state index in [1.165, 1.54) is 0 Å². The molecule has 0 saturated carbocycles. The van der Waals surface area contributed by atoms with Crippen LogP contribution < -0.4 is 10.2 Å². The second-order valence-electron chi connectivity index (χ2n) is 5.89. The first-order chi connectivity index (χ1) is 12.0. The van der Waals surface area contributed by atoms with Crippen molar-refractivity contribution in [2.24, 2.45) is 0 Å². The van der Waals surface area contributed by atoms with Crippen molar-refractivity contribution in [3.8, 4) is 0 Å².